The minimum absolute atomic E-state index is 0.0814. The molecule has 1 aromatic rings. The summed E-state index contributed by atoms with van der Waals surface area (Å²) in [4.78, 5) is 7.47. The minimum Gasteiger partial charge on any atom is -0.245 e. The molecule has 0 fully saturated rings. The van der Waals surface area contributed by atoms with Crippen LogP contribution in [0.25, 0.3) is 0 Å². The Morgan fingerprint density at radius 3 is 2.42 bits per heavy atom. The van der Waals surface area contributed by atoms with Crippen LogP contribution < -0.4 is 0 Å². The quantitative estimate of drug-likeness (QED) is 0.680. The van der Waals surface area contributed by atoms with Crippen LogP contribution in [0.3, 0.4) is 0 Å². The van der Waals surface area contributed by atoms with E-state index in [1.54, 1.807) is 12.4 Å². The molecule has 0 aliphatic carbocycles. The Bertz CT molecular complexity index is 338. The summed E-state index contributed by atoms with van der Waals surface area (Å²) in [6, 6.07) is 0. The van der Waals surface area contributed by atoms with Crippen LogP contribution in [-0.4, -0.2) is 24.1 Å². The number of aromatic nitrogens is 2. The molecule has 0 N–H and O–H groups in total. The zero-order valence-corrected chi connectivity index (χ0v) is 7.72. The van der Waals surface area contributed by atoms with Gasteiger partial charge in [0.25, 0.3) is 0 Å². The van der Waals surface area contributed by atoms with E-state index in [0.717, 1.165) is 5.56 Å². The molecule has 4 nitrogen and oxygen atoms in total. The van der Waals surface area contributed by atoms with Gasteiger partial charge in [-0.15, -0.1) is 0 Å². The molecule has 1 aromatic heterocycles. The lowest BCUT2D eigenvalue weighted by atomic mass is 10.3. The van der Waals surface area contributed by atoms with Gasteiger partial charge < -0.3 is 0 Å². The fourth-order valence-corrected chi connectivity index (χ4v) is 1.41. The molecule has 0 aromatic carbocycles. The third kappa shape index (κ3) is 3.64. The molecular formula is C6H7ClN2O2S. The van der Waals surface area contributed by atoms with Crippen molar-refractivity contribution in [3.8, 4) is 0 Å². The third-order valence-corrected chi connectivity index (χ3v) is 2.40. The number of hydrogen-bond acceptors (Lipinski definition) is 4. The minimum atomic E-state index is -3.41. The second-order valence-corrected chi connectivity index (χ2v) is 5.14. The maximum Gasteiger partial charge on any atom is 0.232 e. The second-order valence-electron chi connectivity index (χ2n) is 2.24. The molecule has 1 heterocycles. The Labute approximate surface area is 75.0 Å². The van der Waals surface area contributed by atoms with Gasteiger partial charge in [-0.3, -0.25) is 0 Å². The van der Waals surface area contributed by atoms with Crippen molar-refractivity contribution in [3.05, 3.63) is 24.3 Å². The van der Waals surface area contributed by atoms with E-state index >= 15 is 0 Å². The van der Waals surface area contributed by atoms with Crippen molar-refractivity contribution in [2.75, 3.05) is 5.75 Å². The highest BCUT2D eigenvalue weighted by molar-refractivity contribution is 8.13. The number of halogens is 1. The fourth-order valence-electron chi connectivity index (χ4n) is 0.699. The van der Waals surface area contributed by atoms with E-state index in [9.17, 15) is 8.42 Å². The van der Waals surface area contributed by atoms with E-state index in [1.165, 1.54) is 6.33 Å². The first-order chi connectivity index (χ1) is 5.58. The molecule has 0 aliphatic rings. The van der Waals surface area contributed by atoms with Crippen LogP contribution in [0, 0.1) is 0 Å². The fraction of sp³-hybridized carbons (Fsp3) is 0.333. The van der Waals surface area contributed by atoms with Gasteiger partial charge in [0.2, 0.25) is 9.05 Å². The van der Waals surface area contributed by atoms with Gasteiger partial charge in [0.05, 0.1) is 5.75 Å². The van der Waals surface area contributed by atoms with Gasteiger partial charge in [0, 0.05) is 23.1 Å². The summed E-state index contributed by atoms with van der Waals surface area (Å²) < 4.78 is 21.1. The highest BCUT2D eigenvalue weighted by Crippen LogP contribution is 2.01. The number of nitrogens with zero attached hydrogens (tertiary/aromatic N) is 2. The van der Waals surface area contributed by atoms with Crippen LogP contribution in [0.2, 0.25) is 0 Å². The molecule has 1 rings (SSSR count). The summed E-state index contributed by atoms with van der Waals surface area (Å²) in [5.74, 6) is -0.0814. The first-order valence-corrected chi connectivity index (χ1v) is 5.72. The van der Waals surface area contributed by atoms with Crippen LogP contribution in [0.5, 0.6) is 0 Å². The van der Waals surface area contributed by atoms with Crippen molar-refractivity contribution in [2.24, 2.45) is 0 Å². The lowest BCUT2D eigenvalue weighted by Gasteiger charge is -1.95. The Morgan fingerprint density at radius 1 is 1.33 bits per heavy atom. The molecule has 0 saturated carbocycles. The van der Waals surface area contributed by atoms with Crippen molar-refractivity contribution in [1.82, 2.24) is 9.97 Å². The van der Waals surface area contributed by atoms with Crippen LogP contribution in [0.15, 0.2) is 18.7 Å². The Hall–Kier alpha value is -0.680. The van der Waals surface area contributed by atoms with Crippen molar-refractivity contribution >= 4 is 19.7 Å². The van der Waals surface area contributed by atoms with Gasteiger partial charge in [-0.25, -0.2) is 18.4 Å². The van der Waals surface area contributed by atoms with E-state index in [1.807, 2.05) is 0 Å². The zero-order valence-electron chi connectivity index (χ0n) is 6.14. The Kier molecular flexibility index (Phi) is 2.99. The first-order valence-electron chi connectivity index (χ1n) is 3.24. The lowest BCUT2D eigenvalue weighted by molar-refractivity contribution is 0.609. The second kappa shape index (κ2) is 3.82. The molecule has 0 radical (unpaired) electrons. The average molecular weight is 207 g/mol. The molecular weight excluding hydrogens is 200 g/mol. The lowest BCUT2D eigenvalue weighted by Crippen LogP contribution is -2.01. The monoisotopic (exact) mass is 206 g/mol. The number of hydrogen-bond donors (Lipinski definition) is 0. The topological polar surface area (TPSA) is 59.9 Å². The maximum absolute atomic E-state index is 10.5. The highest BCUT2D eigenvalue weighted by Gasteiger charge is 2.04. The largest absolute Gasteiger partial charge is 0.245 e. The highest BCUT2D eigenvalue weighted by atomic mass is 35.7. The molecule has 12 heavy (non-hydrogen) atoms. The Morgan fingerprint density at radius 2 is 1.92 bits per heavy atom. The van der Waals surface area contributed by atoms with E-state index in [-0.39, 0.29) is 5.75 Å². The van der Waals surface area contributed by atoms with Crippen molar-refractivity contribution in [3.63, 3.8) is 0 Å². The van der Waals surface area contributed by atoms with E-state index in [2.05, 4.69) is 9.97 Å². The summed E-state index contributed by atoms with van der Waals surface area (Å²) in [7, 11) is 1.61. The molecule has 0 saturated heterocycles. The van der Waals surface area contributed by atoms with E-state index in [4.69, 9.17) is 10.7 Å². The van der Waals surface area contributed by atoms with Crippen LogP contribution in [0.4, 0.5) is 0 Å². The normalized spacial score (nSPS) is 11.4. The molecule has 0 bridgehead atoms. The van der Waals surface area contributed by atoms with Gasteiger partial charge in [-0.05, 0) is 12.0 Å². The molecule has 0 atom stereocenters. The average Bonchev–Trinajstić information content (AvgIpc) is 2.02. The summed E-state index contributed by atoms with van der Waals surface area (Å²) in [6.07, 6.45) is 4.87. The molecule has 0 aliphatic heterocycles. The number of rotatable bonds is 3. The molecule has 0 spiro atoms. The third-order valence-electron chi connectivity index (χ3n) is 1.25. The number of aryl methyl sites for hydroxylation is 1. The van der Waals surface area contributed by atoms with E-state index < -0.39 is 9.05 Å². The molecule has 66 valence electrons. The van der Waals surface area contributed by atoms with Gasteiger partial charge in [0.15, 0.2) is 0 Å². The van der Waals surface area contributed by atoms with Crippen LogP contribution in [-0.2, 0) is 15.5 Å². The van der Waals surface area contributed by atoms with Crippen molar-refractivity contribution < 1.29 is 8.42 Å². The van der Waals surface area contributed by atoms with Gasteiger partial charge in [0.1, 0.15) is 6.33 Å². The van der Waals surface area contributed by atoms with Gasteiger partial charge >= 0.3 is 0 Å². The smallest absolute Gasteiger partial charge is 0.232 e. The summed E-state index contributed by atoms with van der Waals surface area (Å²) >= 11 is 0. The predicted octanol–water partition coefficient (Wildman–Crippen LogP) is 0.588. The zero-order chi connectivity index (χ0) is 9.03. The van der Waals surface area contributed by atoms with E-state index in [0.29, 0.717) is 6.42 Å². The van der Waals surface area contributed by atoms with Crippen LogP contribution in [0.1, 0.15) is 5.56 Å². The molecule has 0 unspecified atom stereocenters. The van der Waals surface area contributed by atoms with Crippen LogP contribution >= 0.6 is 10.7 Å². The SMILES string of the molecule is O=S(=O)(Cl)CCc1cncnc1. The summed E-state index contributed by atoms with van der Waals surface area (Å²) in [5, 5.41) is 0. The Balaban J connectivity index is 2.56. The summed E-state index contributed by atoms with van der Waals surface area (Å²) in [6.45, 7) is 0. The maximum atomic E-state index is 10.5. The van der Waals surface area contributed by atoms with Crippen molar-refractivity contribution in [2.45, 2.75) is 6.42 Å². The van der Waals surface area contributed by atoms with Gasteiger partial charge in [-0.2, -0.15) is 0 Å². The predicted molar refractivity (Wildman–Crippen MR) is 45.4 cm³/mol. The molecule has 0 amide bonds. The van der Waals surface area contributed by atoms with Gasteiger partial charge in [-0.1, -0.05) is 0 Å². The first kappa shape index (κ1) is 9.41. The van der Waals surface area contributed by atoms with Crippen molar-refractivity contribution in [1.29, 1.82) is 0 Å². The standard InChI is InChI=1S/C6H7ClN2O2S/c7-12(10,11)2-1-6-3-8-5-9-4-6/h3-5H,1-2H2. The summed E-state index contributed by atoms with van der Waals surface area (Å²) in [5.41, 5.74) is 0.765. The molecule has 6 heteroatoms.